The number of hydrogen-bond donors (Lipinski definition) is 0. The summed E-state index contributed by atoms with van der Waals surface area (Å²) in [6.45, 7) is 0. The Balaban J connectivity index is 2.07. The molecule has 0 saturated carbocycles. The van der Waals surface area contributed by atoms with E-state index >= 15 is 0 Å². The van der Waals surface area contributed by atoms with Crippen LogP contribution in [0.25, 0.3) is 44.2 Å². The maximum Gasteiger partial charge on any atom is 0.338 e. The molecule has 5 nitrogen and oxygen atoms in total. The summed E-state index contributed by atoms with van der Waals surface area (Å²) in [5, 5.41) is 3.82. The second-order valence-electron chi connectivity index (χ2n) is 8.09. The number of carbonyl (C=O) groups excluding carboxylic acids is 1. The summed E-state index contributed by atoms with van der Waals surface area (Å²) in [4.78, 5) is 12.7. The first kappa shape index (κ1) is 20.8. The van der Waals surface area contributed by atoms with Crippen molar-refractivity contribution < 1.29 is 18.7 Å². The van der Waals surface area contributed by atoms with E-state index in [-0.39, 0.29) is 0 Å². The summed E-state index contributed by atoms with van der Waals surface area (Å²) in [5.74, 6) is 1.01. The van der Waals surface area contributed by atoms with Gasteiger partial charge in [-0.15, -0.1) is 0 Å². The fourth-order valence-corrected chi connectivity index (χ4v) is 4.39. The first-order valence-corrected chi connectivity index (χ1v) is 10.7. The molecule has 33 heavy (non-hydrogen) atoms. The molecule has 3 aromatic rings. The Morgan fingerprint density at radius 1 is 0.879 bits per heavy atom. The highest BCUT2D eigenvalue weighted by Crippen LogP contribution is 2.47. The van der Waals surface area contributed by atoms with Gasteiger partial charge in [0.1, 0.15) is 31.2 Å². The predicted molar refractivity (Wildman–Crippen MR) is 131 cm³/mol. The monoisotopic (exact) mass is 438 g/mol. The molecule has 2 aliphatic rings. The van der Waals surface area contributed by atoms with Crippen LogP contribution in [0, 0.1) is 0 Å². The van der Waals surface area contributed by atoms with Gasteiger partial charge in [0, 0.05) is 22.6 Å². The summed E-state index contributed by atoms with van der Waals surface area (Å²) >= 11 is 0. The van der Waals surface area contributed by atoms with E-state index in [4.69, 9.17) is 13.9 Å². The van der Waals surface area contributed by atoms with Crippen molar-refractivity contribution in [1.29, 1.82) is 0 Å². The standard InChI is InChI=1S/C28H24NO4/c1-29(2)18-13-14-22-23(16-18)33-27-19-10-6-5-9-17(19)15-24(31-3)26(27)25(22)20-11-7-8-12-21(20)28(30)32-4/h5-16H,1-4H3/q+1. The summed E-state index contributed by atoms with van der Waals surface area (Å²) in [5.41, 5.74) is 3.73. The summed E-state index contributed by atoms with van der Waals surface area (Å²) in [6.07, 6.45) is 0. The minimum atomic E-state index is -0.391. The molecule has 1 aliphatic heterocycles. The molecule has 0 saturated heterocycles. The third-order valence-electron chi connectivity index (χ3n) is 6.00. The molecule has 0 bridgehead atoms. The van der Waals surface area contributed by atoms with Gasteiger partial charge in [0.15, 0.2) is 0 Å². The molecule has 5 heteroatoms. The second kappa shape index (κ2) is 8.10. The average Bonchev–Trinajstić information content (AvgIpc) is 2.86. The fourth-order valence-electron chi connectivity index (χ4n) is 4.39. The molecule has 164 valence electrons. The largest absolute Gasteiger partial charge is 0.496 e. The van der Waals surface area contributed by atoms with Crippen molar-refractivity contribution in [3.05, 3.63) is 83.7 Å². The molecule has 0 N–H and O–H groups in total. The lowest BCUT2D eigenvalue weighted by molar-refractivity contribution is 0.0601. The fraction of sp³-hybridized carbons (Fsp3) is 0.143. The third-order valence-corrected chi connectivity index (χ3v) is 6.00. The highest BCUT2D eigenvalue weighted by atomic mass is 16.5. The first-order chi connectivity index (χ1) is 16.0. The van der Waals surface area contributed by atoms with Crippen LogP contribution in [-0.4, -0.2) is 34.3 Å². The normalized spacial score (nSPS) is 11.2. The maximum absolute atomic E-state index is 12.7. The molecule has 1 heterocycles. The number of nitrogens with zero attached hydrogens (tertiary/aromatic N) is 1. The van der Waals surface area contributed by atoms with Gasteiger partial charge in [0.05, 0.1) is 31.2 Å². The van der Waals surface area contributed by atoms with Gasteiger partial charge in [-0.25, -0.2) is 9.37 Å². The molecular weight excluding hydrogens is 414 g/mol. The minimum absolute atomic E-state index is 0.391. The van der Waals surface area contributed by atoms with Crippen molar-refractivity contribution in [2.45, 2.75) is 0 Å². The lowest BCUT2D eigenvalue weighted by Crippen LogP contribution is -2.21. The molecule has 1 aliphatic carbocycles. The van der Waals surface area contributed by atoms with Crippen molar-refractivity contribution in [3.8, 4) is 28.2 Å². The quantitative estimate of drug-likeness (QED) is 0.168. The van der Waals surface area contributed by atoms with E-state index < -0.39 is 5.97 Å². The molecule has 0 atom stereocenters. The molecule has 3 aromatic carbocycles. The van der Waals surface area contributed by atoms with Gasteiger partial charge >= 0.3 is 5.97 Å². The number of ether oxygens (including phenoxy) is 2. The Bertz CT molecular complexity index is 1570. The number of carbonyl (C=O) groups is 1. The van der Waals surface area contributed by atoms with Crippen LogP contribution in [0.2, 0.25) is 0 Å². The maximum atomic E-state index is 12.7. The second-order valence-corrected chi connectivity index (χ2v) is 8.09. The van der Waals surface area contributed by atoms with Crippen molar-refractivity contribution in [1.82, 2.24) is 4.58 Å². The van der Waals surface area contributed by atoms with E-state index in [1.54, 1.807) is 13.2 Å². The van der Waals surface area contributed by atoms with Crippen LogP contribution in [0.3, 0.4) is 0 Å². The van der Waals surface area contributed by atoms with Crippen LogP contribution in [0.5, 0.6) is 5.75 Å². The summed E-state index contributed by atoms with van der Waals surface area (Å²) < 4.78 is 19.5. The molecule has 0 amide bonds. The van der Waals surface area contributed by atoms with Crippen LogP contribution >= 0.6 is 0 Å². The lowest BCUT2D eigenvalue weighted by Gasteiger charge is -2.19. The number of benzene rings is 4. The molecular formula is C28H24NO4+. The van der Waals surface area contributed by atoms with E-state index in [1.807, 2.05) is 85.4 Å². The summed E-state index contributed by atoms with van der Waals surface area (Å²) in [6, 6.07) is 23.7. The van der Waals surface area contributed by atoms with Crippen LogP contribution in [0.4, 0.5) is 0 Å². The van der Waals surface area contributed by atoms with Gasteiger partial charge in [0.25, 0.3) is 0 Å². The third kappa shape index (κ3) is 3.33. The van der Waals surface area contributed by atoms with E-state index in [2.05, 4.69) is 0 Å². The van der Waals surface area contributed by atoms with E-state index in [1.165, 1.54) is 7.11 Å². The topological polar surface area (TPSA) is 51.7 Å². The number of methoxy groups -OCH3 is 2. The Morgan fingerprint density at radius 2 is 1.64 bits per heavy atom. The molecule has 0 unspecified atom stereocenters. The first-order valence-electron chi connectivity index (χ1n) is 10.7. The zero-order valence-electron chi connectivity index (χ0n) is 19.0. The van der Waals surface area contributed by atoms with Gasteiger partial charge in [0.2, 0.25) is 5.36 Å². The average molecular weight is 439 g/mol. The van der Waals surface area contributed by atoms with E-state index in [0.717, 1.165) is 44.0 Å². The predicted octanol–water partition coefficient (Wildman–Crippen LogP) is 5.18. The molecule has 0 radical (unpaired) electrons. The lowest BCUT2D eigenvalue weighted by atomic mass is 9.89. The highest BCUT2D eigenvalue weighted by Gasteiger charge is 2.25. The van der Waals surface area contributed by atoms with E-state index in [9.17, 15) is 4.79 Å². The van der Waals surface area contributed by atoms with Crippen molar-refractivity contribution >= 4 is 27.7 Å². The Hall–Kier alpha value is -4.12. The zero-order chi connectivity index (χ0) is 23.1. The molecule has 0 fully saturated rings. The van der Waals surface area contributed by atoms with Crippen molar-refractivity contribution in [3.63, 3.8) is 0 Å². The van der Waals surface area contributed by atoms with Gasteiger partial charge < -0.3 is 13.9 Å². The molecule has 0 spiro atoms. The Kier molecular flexibility index (Phi) is 5.09. The SMILES string of the molecule is COC(=O)c1ccccc1-c1c2ccc(=[N+](C)C)cc-2oc2c1c(OC)cc1ccccc12. The number of hydrogen-bond acceptors (Lipinski definition) is 4. The van der Waals surface area contributed by atoms with Crippen molar-refractivity contribution in [2.24, 2.45) is 0 Å². The van der Waals surface area contributed by atoms with E-state index in [0.29, 0.717) is 16.9 Å². The number of rotatable bonds is 3. The Labute approximate surface area is 191 Å². The highest BCUT2D eigenvalue weighted by molar-refractivity contribution is 6.16. The molecule has 5 rings (SSSR count). The minimum Gasteiger partial charge on any atom is -0.496 e. The van der Waals surface area contributed by atoms with Crippen LogP contribution in [0.15, 0.2) is 77.2 Å². The number of fused-ring (bicyclic) bond motifs is 4. The van der Waals surface area contributed by atoms with Gasteiger partial charge in [-0.2, -0.15) is 0 Å². The Morgan fingerprint density at radius 3 is 2.39 bits per heavy atom. The van der Waals surface area contributed by atoms with Crippen LogP contribution in [-0.2, 0) is 4.74 Å². The zero-order valence-corrected chi connectivity index (χ0v) is 19.0. The van der Waals surface area contributed by atoms with Gasteiger partial charge in [-0.1, -0.05) is 42.5 Å². The van der Waals surface area contributed by atoms with Crippen LogP contribution in [0.1, 0.15) is 10.4 Å². The number of esters is 1. The van der Waals surface area contributed by atoms with Crippen molar-refractivity contribution in [2.75, 3.05) is 28.3 Å². The smallest absolute Gasteiger partial charge is 0.338 e. The van der Waals surface area contributed by atoms with Gasteiger partial charge in [-0.3, -0.25) is 0 Å². The summed E-state index contributed by atoms with van der Waals surface area (Å²) in [7, 11) is 7.04. The van der Waals surface area contributed by atoms with Gasteiger partial charge in [-0.05, 0) is 29.1 Å². The van der Waals surface area contributed by atoms with Crippen LogP contribution < -0.4 is 14.7 Å². The molecule has 0 aromatic heterocycles.